The van der Waals surface area contributed by atoms with Crippen molar-refractivity contribution >= 4 is 49.3 Å². The average molecular weight is 503 g/mol. The lowest BCUT2D eigenvalue weighted by Gasteiger charge is -2.16. The number of halogens is 1. The largest absolute Gasteiger partial charge is 0.361 e. The fourth-order valence-corrected chi connectivity index (χ4v) is 4.78. The van der Waals surface area contributed by atoms with E-state index in [4.69, 9.17) is 9.47 Å². The molecule has 162 valence electrons. The van der Waals surface area contributed by atoms with E-state index < -0.39 is 16.1 Å². The van der Waals surface area contributed by atoms with Crippen LogP contribution in [0.4, 0.5) is 0 Å². The van der Waals surface area contributed by atoms with Gasteiger partial charge < -0.3 is 14.0 Å². The molecule has 7 nitrogen and oxygen atoms in total. The quantitative estimate of drug-likeness (QED) is 0.259. The zero-order valence-electron chi connectivity index (χ0n) is 18.2. The molecule has 0 aliphatic rings. The van der Waals surface area contributed by atoms with Gasteiger partial charge in [-0.1, -0.05) is 39.3 Å². The Morgan fingerprint density at radius 3 is 2.10 bits per heavy atom. The topological polar surface area (TPSA) is 75.3 Å². The summed E-state index contributed by atoms with van der Waals surface area (Å²) >= 11 is 3.45. The number of nitrogens with zero attached hydrogens (tertiary/aromatic N) is 3. The van der Waals surface area contributed by atoms with Crippen LogP contribution in [-0.2, 0) is 22.9 Å². The first-order valence-corrected chi connectivity index (χ1v) is 18.0. The first kappa shape index (κ1) is 24.2. The standard InChI is InChI=1S/C19H32BrN3O4Si2/c1-28(2,3)9-7-26-13-22-16-11-21-23(14-27-8-10-29(4,5)6)19(25)17(16)15(12-24)18(22)20/h11-12H,7-10,13-14H2,1-6H3. The van der Waals surface area contributed by atoms with Crippen molar-refractivity contribution in [2.45, 2.75) is 64.8 Å². The Balaban J connectivity index is 2.21. The van der Waals surface area contributed by atoms with Gasteiger partial charge in [-0.25, -0.2) is 4.68 Å². The number of carbonyl (C=O) groups excluding carboxylic acids is 1. The van der Waals surface area contributed by atoms with Gasteiger partial charge in [0.25, 0.3) is 5.56 Å². The Kier molecular flexibility index (Phi) is 8.19. The molecule has 2 aromatic rings. The molecule has 0 bridgehead atoms. The van der Waals surface area contributed by atoms with Crippen molar-refractivity contribution in [2.24, 2.45) is 0 Å². The number of hydrogen-bond donors (Lipinski definition) is 0. The third kappa shape index (κ3) is 6.71. The third-order valence-electron chi connectivity index (χ3n) is 4.59. The van der Waals surface area contributed by atoms with Gasteiger partial charge in [-0.15, -0.1) is 0 Å². The van der Waals surface area contributed by atoms with Gasteiger partial charge in [-0.3, -0.25) is 9.59 Å². The molecule has 0 fully saturated rings. The molecule has 0 aliphatic heterocycles. The molecule has 2 rings (SSSR count). The molecule has 0 saturated carbocycles. The lowest BCUT2D eigenvalue weighted by atomic mass is 10.2. The van der Waals surface area contributed by atoms with Crippen LogP contribution >= 0.6 is 15.9 Å². The second kappa shape index (κ2) is 9.82. The molecule has 10 heteroatoms. The van der Waals surface area contributed by atoms with Crippen LogP contribution in [0.1, 0.15) is 10.4 Å². The SMILES string of the molecule is C[Si](C)(C)CCOCn1ncc2c(c(C=O)c(Br)n2COCC[Si](C)(C)C)c1=O. The van der Waals surface area contributed by atoms with Crippen molar-refractivity contribution in [1.29, 1.82) is 0 Å². The number of rotatable bonds is 11. The van der Waals surface area contributed by atoms with E-state index in [0.717, 1.165) is 12.1 Å². The minimum atomic E-state index is -1.20. The summed E-state index contributed by atoms with van der Waals surface area (Å²) in [4.78, 5) is 24.6. The van der Waals surface area contributed by atoms with Gasteiger partial charge in [0.15, 0.2) is 6.29 Å². The Labute approximate surface area is 182 Å². The van der Waals surface area contributed by atoms with E-state index in [0.29, 0.717) is 40.6 Å². The monoisotopic (exact) mass is 501 g/mol. The number of carbonyl (C=O) groups is 1. The number of aromatic nitrogens is 3. The molecule has 0 N–H and O–H groups in total. The van der Waals surface area contributed by atoms with Gasteiger partial charge in [0.1, 0.15) is 13.5 Å². The second-order valence-electron chi connectivity index (χ2n) is 9.66. The van der Waals surface area contributed by atoms with Crippen LogP contribution in [0.3, 0.4) is 0 Å². The highest BCUT2D eigenvalue weighted by Crippen LogP contribution is 2.26. The van der Waals surface area contributed by atoms with Crippen LogP contribution in [0.2, 0.25) is 51.4 Å². The number of ether oxygens (including phenoxy) is 2. The fraction of sp³-hybridized carbons (Fsp3) is 0.632. The van der Waals surface area contributed by atoms with Crippen LogP contribution in [0.15, 0.2) is 15.6 Å². The van der Waals surface area contributed by atoms with Gasteiger partial charge >= 0.3 is 0 Å². The summed E-state index contributed by atoms with van der Waals surface area (Å²) < 4.78 is 15.0. The molecule has 2 aromatic heterocycles. The van der Waals surface area contributed by atoms with Crippen LogP contribution in [0.5, 0.6) is 0 Å². The Bertz CT molecular complexity index is 913. The fourth-order valence-electron chi connectivity index (χ4n) is 2.68. The van der Waals surface area contributed by atoms with Gasteiger partial charge in [-0.2, -0.15) is 5.10 Å². The van der Waals surface area contributed by atoms with E-state index >= 15 is 0 Å². The van der Waals surface area contributed by atoms with E-state index in [1.54, 1.807) is 10.8 Å². The van der Waals surface area contributed by atoms with E-state index in [9.17, 15) is 9.59 Å². The number of hydrogen-bond acceptors (Lipinski definition) is 5. The average Bonchev–Trinajstić information content (AvgIpc) is 2.87. The van der Waals surface area contributed by atoms with Crippen molar-refractivity contribution in [3.05, 3.63) is 26.7 Å². The first-order chi connectivity index (χ1) is 13.4. The predicted octanol–water partition coefficient (Wildman–Crippen LogP) is 4.40. The van der Waals surface area contributed by atoms with Crippen molar-refractivity contribution in [2.75, 3.05) is 13.2 Å². The van der Waals surface area contributed by atoms with Crippen LogP contribution in [-0.4, -0.2) is 50.0 Å². The molecule has 0 radical (unpaired) electrons. The van der Waals surface area contributed by atoms with E-state index in [1.165, 1.54) is 4.68 Å². The summed E-state index contributed by atoms with van der Waals surface area (Å²) in [5.41, 5.74) is 0.562. The minimum Gasteiger partial charge on any atom is -0.361 e. The minimum absolute atomic E-state index is 0.0764. The second-order valence-corrected chi connectivity index (χ2v) is 21.6. The smallest absolute Gasteiger partial charge is 0.279 e. The predicted molar refractivity (Wildman–Crippen MR) is 125 cm³/mol. The molecule has 0 aliphatic carbocycles. The molecule has 0 atom stereocenters. The lowest BCUT2D eigenvalue weighted by Crippen LogP contribution is -2.26. The van der Waals surface area contributed by atoms with E-state index in [1.807, 2.05) is 0 Å². The molecule has 0 unspecified atom stereocenters. The van der Waals surface area contributed by atoms with Crippen molar-refractivity contribution < 1.29 is 14.3 Å². The summed E-state index contributed by atoms with van der Waals surface area (Å²) in [6.07, 6.45) is 2.29. The summed E-state index contributed by atoms with van der Waals surface area (Å²) in [6.45, 7) is 15.3. The Morgan fingerprint density at radius 1 is 1.03 bits per heavy atom. The van der Waals surface area contributed by atoms with E-state index in [2.05, 4.69) is 60.3 Å². The highest BCUT2D eigenvalue weighted by molar-refractivity contribution is 9.10. The molecule has 0 saturated heterocycles. The van der Waals surface area contributed by atoms with Crippen LogP contribution in [0.25, 0.3) is 10.9 Å². The summed E-state index contributed by atoms with van der Waals surface area (Å²) in [5, 5.41) is 4.58. The summed E-state index contributed by atoms with van der Waals surface area (Å²) in [6, 6.07) is 2.06. The van der Waals surface area contributed by atoms with Crippen LogP contribution in [0, 0.1) is 0 Å². The van der Waals surface area contributed by atoms with Crippen molar-refractivity contribution in [1.82, 2.24) is 14.3 Å². The molecule has 0 amide bonds. The summed E-state index contributed by atoms with van der Waals surface area (Å²) in [7, 11) is -2.39. The molecule has 29 heavy (non-hydrogen) atoms. The Hall–Kier alpha value is -1.08. The zero-order chi connectivity index (χ0) is 21.8. The first-order valence-electron chi connectivity index (χ1n) is 9.83. The third-order valence-corrected chi connectivity index (χ3v) is 8.85. The summed E-state index contributed by atoms with van der Waals surface area (Å²) in [5.74, 6) is 0. The van der Waals surface area contributed by atoms with Gasteiger partial charge in [0.2, 0.25) is 0 Å². The van der Waals surface area contributed by atoms with Gasteiger partial charge in [-0.05, 0) is 28.0 Å². The van der Waals surface area contributed by atoms with Crippen LogP contribution < -0.4 is 5.56 Å². The maximum atomic E-state index is 12.9. The molecule has 0 spiro atoms. The molecular weight excluding hydrogens is 470 g/mol. The highest BCUT2D eigenvalue weighted by Gasteiger charge is 2.20. The molecular formula is C19H32BrN3O4Si2. The lowest BCUT2D eigenvalue weighted by molar-refractivity contribution is 0.0752. The highest BCUT2D eigenvalue weighted by atomic mass is 79.9. The van der Waals surface area contributed by atoms with Gasteiger partial charge in [0, 0.05) is 29.4 Å². The van der Waals surface area contributed by atoms with E-state index in [-0.39, 0.29) is 19.0 Å². The zero-order valence-corrected chi connectivity index (χ0v) is 21.8. The maximum absolute atomic E-state index is 12.9. The molecule has 0 aromatic carbocycles. The van der Waals surface area contributed by atoms with Gasteiger partial charge in [0.05, 0.1) is 27.3 Å². The van der Waals surface area contributed by atoms with Crippen molar-refractivity contribution in [3.63, 3.8) is 0 Å². The normalized spacial score (nSPS) is 12.7. The number of aldehydes is 1. The maximum Gasteiger partial charge on any atom is 0.279 e. The van der Waals surface area contributed by atoms with Crippen molar-refractivity contribution in [3.8, 4) is 0 Å². The Morgan fingerprint density at radius 2 is 1.59 bits per heavy atom. The number of fused-ring (bicyclic) bond motifs is 1. The molecule has 2 heterocycles.